The lowest BCUT2D eigenvalue weighted by Crippen LogP contribution is -2.39. The maximum Gasteiger partial charge on any atom is 0.331 e. The van der Waals surface area contributed by atoms with Gasteiger partial charge in [0, 0.05) is 18.8 Å². The number of aryl methyl sites for hydroxylation is 3. The fourth-order valence-corrected chi connectivity index (χ4v) is 2.20. The van der Waals surface area contributed by atoms with E-state index in [4.69, 9.17) is 0 Å². The second-order valence-corrected chi connectivity index (χ2v) is 5.13. The molecule has 20 heavy (non-hydrogen) atoms. The Labute approximate surface area is 118 Å². The maximum absolute atomic E-state index is 12.3. The minimum atomic E-state index is -0.249. The highest BCUT2D eigenvalue weighted by atomic mass is 16.2. The molecular weight excluding hydrogens is 252 g/mol. The molecule has 4 heteroatoms. The molecule has 4 nitrogen and oxygen atoms in total. The third-order valence-corrected chi connectivity index (χ3v) is 3.52. The van der Waals surface area contributed by atoms with Crippen LogP contribution in [0.4, 0.5) is 0 Å². The van der Waals surface area contributed by atoms with E-state index in [1.807, 2.05) is 39.0 Å². The van der Waals surface area contributed by atoms with Gasteiger partial charge in [-0.05, 0) is 37.0 Å². The molecule has 0 unspecified atom stereocenters. The Kier molecular flexibility index (Phi) is 4.23. The van der Waals surface area contributed by atoms with Crippen LogP contribution in [0.2, 0.25) is 0 Å². The van der Waals surface area contributed by atoms with Crippen LogP contribution >= 0.6 is 0 Å². The van der Waals surface area contributed by atoms with E-state index in [1.165, 1.54) is 21.8 Å². The highest BCUT2D eigenvalue weighted by Crippen LogP contribution is 2.10. The first-order valence-electron chi connectivity index (χ1n) is 6.89. The first-order chi connectivity index (χ1) is 9.52. The largest absolute Gasteiger partial charge is 0.331 e. The molecule has 0 amide bonds. The summed E-state index contributed by atoms with van der Waals surface area (Å²) in [6.07, 6.45) is 2.44. The van der Waals surface area contributed by atoms with Gasteiger partial charge in [-0.25, -0.2) is 4.79 Å². The van der Waals surface area contributed by atoms with Crippen LogP contribution in [0.25, 0.3) is 0 Å². The molecule has 0 fully saturated rings. The highest BCUT2D eigenvalue weighted by molar-refractivity contribution is 5.30. The number of hydrogen-bond donors (Lipinski definition) is 0. The zero-order chi connectivity index (χ0) is 14.7. The standard InChI is InChI=1S/C16H20N2O2/c1-4-8-17-9-7-15(19)18(16(17)20)11-14-6-5-12(2)13(3)10-14/h5-7,9-10H,4,8,11H2,1-3H3. The van der Waals surface area contributed by atoms with E-state index in [1.54, 1.807) is 10.8 Å². The molecule has 0 atom stereocenters. The van der Waals surface area contributed by atoms with E-state index in [9.17, 15) is 9.59 Å². The van der Waals surface area contributed by atoms with Crippen molar-refractivity contribution in [3.05, 3.63) is 68.0 Å². The van der Waals surface area contributed by atoms with E-state index in [-0.39, 0.29) is 11.2 Å². The molecule has 106 valence electrons. The molecule has 0 aliphatic rings. The summed E-state index contributed by atoms with van der Waals surface area (Å²) in [5, 5.41) is 0. The number of nitrogens with zero attached hydrogens (tertiary/aromatic N) is 2. The molecule has 0 spiro atoms. The van der Waals surface area contributed by atoms with Gasteiger partial charge in [0.15, 0.2) is 0 Å². The van der Waals surface area contributed by atoms with E-state index >= 15 is 0 Å². The van der Waals surface area contributed by atoms with Crippen molar-refractivity contribution in [2.24, 2.45) is 0 Å². The number of aromatic nitrogens is 2. The molecule has 2 aromatic rings. The molecule has 0 radical (unpaired) electrons. The molecule has 0 N–H and O–H groups in total. The second kappa shape index (κ2) is 5.90. The summed E-state index contributed by atoms with van der Waals surface area (Å²) >= 11 is 0. The van der Waals surface area contributed by atoms with Crippen LogP contribution in [0.3, 0.4) is 0 Å². The van der Waals surface area contributed by atoms with E-state index < -0.39 is 0 Å². The van der Waals surface area contributed by atoms with Gasteiger partial charge in [0.05, 0.1) is 6.54 Å². The van der Waals surface area contributed by atoms with Crippen LogP contribution in [0, 0.1) is 13.8 Å². The van der Waals surface area contributed by atoms with Crippen molar-refractivity contribution >= 4 is 0 Å². The molecule has 1 aromatic carbocycles. The van der Waals surface area contributed by atoms with Crippen LogP contribution < -0.4 is 11.2 Å². The monoisotopic (exact) mass is 272 g/mol. The maximum atomic E-state index is 12.3. The van der Waals surface area contributed by atoms with Crippen LogP contribution in [0.5, 0.6) is 0 Å². The number of benzene rings is 1. The Bertz CT molecular complexity index is 726. The van der Waals surface area contributed by atoms with Gasteiger partial charge in [-0.15, -0.1) is 0 Å². The summed E-state index contributed by atoms with van der Waals surface area (Å²) in [5.74, 6) is 0. The van der Waals surface area contributed by atoms with Crippen molar-refractivity contribution in [3.8, 4) is 0 Å². The predicted molar refractivity (Wildman–Crippen MR) is 80.3 cm³/mol. The van der Waals surface area contributed by atoms with Gasteiger partial charge in [-0.1, -0.05) is 25.1 Å². The third-order valence-electron chi connectivity index (χ3n) is 3.52. The molecule has 0 bridgehead atoms. The molecule has 1 aromatic heterocycles. The van der Waals surface area contributed by atoms with Gasteiger partial charge in [-0.2, -0.15) is 0 Å². The third kappa shape index (κ3) is 2.90. The first-order valence-corrected chi connectivity index (χ1v) is 6.89. The minimum absolute atomic E-state index is 0.238. The zero-order valence-corrected chi connectivity index (χ0v) is 12.2. The van der Waals surface area contributed by atoms with E-state index in [0.29, 0.717) is 13.1 Å². The molecule has 0 aliphatic heterocycles. The lowest BCUT2D eigenvalue weighted by molar-refractivity contribution is 0.570. The normalized spacial score (nSPS) is 10.8. The van der Waals surface area contributed by atoms with Crippen LogP contribution in [0.1, 0.15) is 30.0 Å². The summed E-state index contributed by atoms with van der Waals surface area (Å²) < 4.78 is 2.88. The fourth-order valence-electron chi connectivity index (χ4n) is 2.20. The molecule has 2 rings (SSSR count). The smallest absolute Gasteiger partial charge is 0.300 e. The van der Waals surface area contributed by atoms with Gasteiger partial charge in [-0.3, -0.25) is 9.36 Å². The Morgan fingerprint density at radius 1 is 1.05 bits per heavy atom. The highest BCUT2D eigenvalue weighted by Gasteiger charge is 2.06. The molecule has 0 saturated carbocycles. The molecular formula is C16H20N2O2. The van der Waals surface area contributed by atoms with Crippen LogP contribution in [-0.2, 0) is 13.1 Å². The average molecular weight is 272 g/mol. The Morgan fingerprint density at radius 2 is 1.80 bits per heavy atom. The molecule has 0 saturated heterocycles. The number of hydrogen-bond acceptors (Lipinski definition) is 2. The average Bonchev–Trinajstić information content (AvgIpc) is 2.42. The van der Waals surface area contributed by atoms with E-state index in [0.717, 1.165) is 12.0 Å². The van der Waals surface area contributed by atoms with Crippen LogP contribution in [-0.4, -0.2) is 9.13 Å². The minimum Gasteiger partial charge on any atom is -0.300 e. The van der Waals surface area contributed by atoms with Crippen molar-refractivity contribution in [1.82, 2.24) is 9.13 Å². The Morgan fingerprint density at radius 3 is 2.45 bits per heavy atom. The quantitative estimate of drug-likeness (QED) is 0.855. The summed E-state index contributed by atoms with van der Waals surface area (Å²) in [6.45, 7) is 7.03. The fraction of sp³-hybridized carbons (Fsp3) is 0.375. The van der Waals surface area contributed by atoms with Gasteiger partial charge in [0.1, 0.15) is 0 Å². The van der Waals surface area contributed by atoms with Gasteiger partial charge in [0.25, 0.3) is 5.56 Å². The second-order valence-electron chi connectivity index (χ2n) is 5.13. The SMILES string of the molecule is CCCn1ccc(=O)n(Cc2ccc(C)c(C)c2)c1=O. The molecule has 1 heterocycles. The summed E-state index contributed by atoms with van der Waals surface area (Å²) in [7, 11) is 0. The Balaban J connectivity index is 2.42. The van der Waals surface area contributed by atoms with E-state index in [2.05, 4.69) is 0 Å². The van der Waals surface area contributed by atoms with Gasteiger partial charge < -0.3 is 4.57 Å². The van der Waals surface area contributed by atoms with Crippen molar-refractivity contribution in [3.63, 3.8) is 0 Å². The van der Waals surface area contributed by atoms with Gasteiger partial charge >= 0.3 is 5.69 Å². The van der Waals surface area contributed by atoms with Crippen molar-refractivity contribution < 1.29 is 0 Å². The van der Waals surface area contributed by atoms with Crippen LogP contribution in [0.15, 0.2) is 40.1 Å². The van der Waals surface area contributed by atoms with Crippen molar-refractivity contribution in [2.75, 3.05) is 0 Å². The topological polar surface area (TPSA) is 44.0 Å². The van der Waals surface area contributed by atoms with Crippen molar-refractivity contribution in [2.45, 2.75) is 40.3 Å². The lowest BCUT2D eigenvalue weighted by Gasteiger charge is -2.10. The zero-order valence-electron chi connectivity index (χ0n) is 12.2. The summed E-state index contributed by atoms with van der Waals surface area (Å²) in [4.78, 5) is 24.2. The van der Waals surface area contributed by atoms with Gasteiger partial charge in [0.2, 0.25) is 0 Å². The summed E-state index contributed by atoms with van der Waals surface area (Å²) in [5.41, 5.74) is 2.86. The predicted octanol–water partition coefficient (Wildman–Crippen LogP) is 2.09. The first kappa shape index (κ1) is 14.3. The lowest BCUT2D eigenvalue weighted by atomic mass is 10.1. The Hall–Kier alpha value is -2.10. The van der Waals surface area contributed by atoms with Crippen molar-refractivity contribution in [1.29, 1.82) is 0 Å². The number of rotatable bonds is 4. The summed E-state index contributed by atoms with van der Waals surface area (Å²) in [6, 6.07) is 7.46. The molecule has 0 aliphatic carbocycles.